The fourth-order valence-electron chi connectivity index (χ4n) is 0. The molecule has 0 aromatic heterocycles. The topological polar surface area (TPSA) is 99.7 Å². The van der Waals surface area contributed by atoms with Gasteiger partial charge in [-0.05, 0) is 12.2 Å². The molecule has 0 aromatic carbocycles. The molecule has 50 valence electrons. The summed E-state index contributed by atoms with van der Waals surface area (Å²) in [6, 6.07) is 0. The van der Waals surface area contributed by atoms with Gasteiger partial charge in [-0.2, -0.15) is 0 Å². The molecule has 0 atom stereocenters. The van der Waals surface area contributed by atoms with Gasteiger partial charge in [-0.3, -0.25) is 5.41 Å². The van der Waals surface area contributed by atoms with Crippen LogP contribution in [0.2, 0.25) is 0 Å². The van der Waals surface area contributed by atoms with Crippen molar-refractivity contribution in [1.29, 1.82) is 10.8 Å². The molecule has 0 aliphatic rings. The van der Waals surface area contributed by atoms with Crippen molar-refractivity contribution in [2.45, 2.75) is 0 Å². The minimum Gasteiger partial charge on any atom is -1.00 e. The van der Waals surface area contributed by atoms with Crippen molar-refractivity contribution in [2.75, 3.05) is 0 Å². The van der Waals surface area contributed by atoms with Crippen LogP contribution in [0.3, 0.4) is 0 Å². The number of guanidine groups is 1. The maximum atomic E-state index is 6.06. The molecule has 0 amide bonds. The third kappa shape index (κ3) is 636. The quantitative estimate of drug-likeness (QED) is 0.126. The normalized spacial score (nSPS) is 3.56. The molecule has 0 saturated carbocycles. The predicted octanol–water partition coefficient (Wildman–Crippen LogP) is -2.76. The molecule has 0 fully saturated rings. The summed E-state index contributed by atoms with van der Waals surface area (Å²) in [6.07, 6.45) is 0. The molecule has 0 bridgehead atoms. The zero-order valence-corrected chi connectivity index (χ0v) is 10.1. The van der Waals surface area contributed by atoms with E-state index in [1.54, 1.807) is 5.16 Å². The van der Waals surface area contributed by atoms with Gasteiger partial charge in [-0.15, -0.1) is 24.0 Å². The van der Waals surface area contributed by atoms with E-state index in [-0.39, 0.29) is 60.9 Å². The van der Waals surface area contributed by atoms with Crippen LogP contribution in [0.25, 0.3) is 0 Å². The summed E-state index contributed by atoms with van der Waals surface area (Å²) < 4.78 is 0. The van der Waals surface area contributed by atoms with Crippen molar-refractivity contribution in [3.63, 3.8) is 0 Å². The Balaban J connectivity index is -0.0000000131. The molecular weight excluding hydrogens is 262 g/mol. The van der Waals surface area contributed by atoms with Crippen LogP contribution in [0.4, 0.5) is 0 Å². The molecule has 4 nitrogen and oxygen atoms in total. The Morgan fingerprint density at radius 3 is 1.56 bits per heavy atom. The van der Waals surface area contributed by atoms with E-state index in [1.165, 1.54) is 0 Å². The molecule has 0 aliphatic heterocycles. The van der Waals surface area contributed by atoms with Gasteiger partial charge in [0.05, 0.1) is 5.16 Å². The number of nitrogens with two attached hydrogens (primary N) is 2. The Bertz CT molecular complexity index is 91.3. The van der Waals surface area contributed by atoms with Gasteiger partial charge in [0.1, 0.15) is 0 Å². The summed E-state index contributed by atoms with van der Waals surface area (Å²) in [7, 11) is 0. The largest absolute Gasteiger partial charge is 1.00 e. The Labute approximate surface area is 99.6 Å². The smallest absolute Gasteiger partial charge is 1.00 e. The van der Waals surface area contributed by atoms with Gasteiger partial charge in [-0.1, -0.05) is 0 Å². The van der Waals surface area contributed by atoms with Crippen LogP contribution in [0.5, 0.6) is 0 Å². The first-order valence-electron chi connectivity index (χ1n) is 1.28. The molecule has 7 heteroatoms. The minimum absolute atomic E-state index is 0. The summed E-state index contributed by atoms with van der Waals surface area (Å²) >= 11 is 3.81. The van der Waals surface area contributed by atoms with Crippen LogP contribution >= 0.6 is 36.2 Å². The Hall–Kier alpha value is 0.800. The Kier molecular flexibility index (Phi) is 58.2. The van der Waals surface area contributed by atoms with E-state index in [9.17, 15) is 0 Å². The van der Waals surface area contributed by atoms with Gasteiger partial charge < -0.3 is 12.9 Å². The van der Waals surface area contributed by atoms with E-state index in [0.717, 1.165) is 0 Å². The molecule has 0 rings (SSSR count). The zero-order valence-electron chi connectivity index (χ0n) is 5.97. The first-order valence-corrected chi connectivity index (χ1v) is 1.69. The van der Waals surface area contributed by atoms with Crippen LogP contribution in [0, 0.1) is 10.8 Å². The summed E-state index contributed by atoms with van der Waals surface area (Å²) in [5, 5.41) is 13.4. The third-order valence-corrected chi connectivity index (χ3v) is 0. The van der Waals surface area contributed by atoms with Crippen LogP contribution < -0.4 is 41.0 Å². The van der Waals surface area contributed by atoms with Crippen molar-refractivity contribution in [3.8, 4) is 0 Å². The van der Waals surface area contributed by atoms with Gasteiger partial charge in [0.25, 0.3) is 0 Å². The summed E-state index contributed by atoms with van der Waals surface area (Å²) in [4.78, 5) is 0. The van der Waals surface area contributed by atoms with E-state index >= 15 is 0 Å². The number of nitrogens with one attached hydrogen (secondary N) is 2. The fourth-order valence-corrected chi connectivity index (χ4v) is 0. The second-order valence-corrected chi connectivity index (χ2v) is 0.762. The van der Waals surface area contributed by atoms with Crippen LogP contribution in [-0.2, 0) is 0 Å². The molecule has 0 spiro atoms. The van der Waals surface area contributed by atoms with Gasteiger partial charge in [0, 0.05) is 0 Å². The molecule has 0 radical (unpaired) electrons. The SMILES string of the molecule is I.N=C(N)N.N=C=S.[H-].[Na+]. The standard InChI is InChI=1S/CH5N3.CHNS.HI.Na.H/c2-1(3)4;2-1-3;;;/h(H5,2,3,4);2H;1H;;/q;;;+1;-1. The van der Waals surface area contributed by atoms with Crippen molar-refractivity contribution in [1.82, 2.24) is 0 Å². The number of isothiocyanates is 1. The number of rotatable bonds is 0. The van der Waals surface area contributed by atoms with E-state index in [4.69, 9.17) is 10.8 Å². The first kappa shape index (κ1) is 22.6. The van der Waals surface area contributed by atoms with E-state index < -0.39 is 0 Å². The third-order valence-electron chi connectivity index (χ3n) is 0. The van der Waals surface area contributed by atoms with E-state index in [2.05, 4.69) is 23.7 Å². The molecule has 6 N–H and O–H groups in total. The number of halogens is 1. The van der Waals surface area contributed by atoms with Crippen molar-refractivity contribution in [3.05, 3.63) is 0 Å². The molecule has 0 unspecified atom stereocenters. The molecule has 0 heterocycles. The zero-order chi connectivity index (χ0) is 6.28. The van der Waals surface area contributed by atoms with E-state index in [0.29, 0.717) is 0 Å². The predicted molar refractivity (Wildman–Crippen MR) is 47.9 cm³/mol. The molecular formula is C2H8IN4NaS. The van der Waals surface area contributed by atoms with Crippen molar-refractivity contribution >= 4 is 47.3 Å². The minimum atomic E-state index is -0.333. The fraction of sp³-hybridized carbons (Fsp3) is 0. The average Bonchev–Trinajstić information content (AvgIpc) is 1.33. The second kappa shape index (κ2) is 23.2. The summed E-state index contributed by atoms with van der Waals surface area (Å²) in [5.74, 6) is -0.333. The van der Waals surface area contributed by atoms with Crippen molar-refractivity contribution in [2.24, 2.45) is 11.5 Å². The van der Waals surface area contributed by atoms with Crippen molar-refractivity contribution < 1.29 is 31.0 Å². The van der Waals surface area contributed by atoms with Gasteiger partial charge in [0.15, 0.2) is 5.96 Å². The average molecular weight is 270 g/mol. The Morgan fingerprint density at radius 1 is 1.56 bits per heavy atom. The number of hydrogen-bond acceptors (Lipinski definition) is 3. The maximum absolute atomic E-state index is 6.06. The first-order chi connectivity index (χ1) is 3.15. The molecule has 0 saturated heterocycles. The Morgan fingerprint density at radius 2 is 1.56 bits per heavy atom. The van der Waals surface area contributed by atoms with Gasteiger partial charge >= 0.3 is 29.6 Å². The summed E-state index contributed by atoms with van der Waals surface area (Å²) in [5.41, 5.74) is 8.94. The van der Waals surface area contributed by atoms with Gasteiger partial charge in [0.2, 0.25) is 0 Å². The second-order valence-electron chi connectivity index (χ2n) is 0.557. The molecule has 9 heavy (non-hydrogen) atoms. The maximum Gasteiger partial charge on any atom is 1.00 e. The van der Waals surface area contributed by atoms with E-state index in [1.807, 2.05) is 0 Å². The number of hydrogen-bond donors (Lipinski definition) is 4. The van der Waals surface area contributed by atoms with Crippen LogP contribution in [0.15, 0.2) is 0 Å². The van der Waals surface area contributed by atoms with Crippen LogP contribution in [0.1, 0.15) is 1.43 Å². The molecule has 0 aliphatic carbocycles. The van der Waals surface area contributed by atoms with Gasteiger partial charge in [-0.25, -0.2) is 5.41 Å². The summed E-state index contributed by atoms with van der Waals surface area (Å²) in [6.45, 7) is 0. The number of thiocarbonyl (C=S) groups is 1. The molecule has 0 aromatic rings. The van der Waals surface area contributed by atoms with Crippen LogP contribution in [-0.4, -0.2) is 11.1 Å². The monoisotopic (exact) mass is 270 g/mol.